The van der Waals surface area contributed by atoms with Gasteiger partial charge in [0.2, 0.25) is 6.41 Å². The molecule has 1 aromatic carbocycles. The van der Waals surface area contributed by atoms with Gasteiger partial charge < -0.3 is 20.9 Å². The van der Waals surface area contributed by atoms with Crippen LogP contribution in [0.5, 0.6) is 5.75 Å². The predicted molar refractivity (Wildman–Crippen MR) is 65.8 cm³/mol. The number of aliphatic carboxylic acids is 1. The number of hydrogen-bond acceptors (Lipinski definition) is 4. The molecule has 102 valence electrons. The summed E-state index contributed by atoms with van der Waals surface area (Å²) in [4.78, 5) is 32.4. The van der Waals surface area contributed by atoms with Crippen molar-refractivity contribution in [2.75, 3.05) is 7.11 Å². The number of primary amides is 1. The fourth-order valence-corrected chi connectivity index (χ4v) is 1.61. The zero-order valence-corrected chi connectivity index (χ0v) is 10.3. The van der Waals surface area contributed by atoms with Gasteiger partial charge in [-0.25, -0.2) is 4.79 Å². The van der Waals surface area contributed by atoms with Gasteiger partial charge in [0.15, 0.2) is 0 Å². The fourth-order valence-electron chi connectivity index (χ4n) is 1.61. The number of amides is 2. The molecule has 0 spiro atoms. The van der Waals surface area contributed by atoms with Crippen molar-refractivity contribution in [3.05, 3.63) is 29.3 Å². The lowest BCUT2D eigenvalue weighted by Crippen LogP contribution is -2.37. The lowest BCUT2D eigenvalue weighted by molar-refractivity contribution is -0.140. The normalized spacial score (nSPS) is 11.4. The van der Waals surface area contributed by atoms with Crippen molar-refractivity contribution in [3.63, 3.8) is 0 Å². The molecule has 0 aliphatic heterocycles. The maximum Gasteiger partial charge on any atom is 0.326 e. The second-order valence-corrected chi connectivity index (χ2v) is 3.78. The van der Waals surface area contributed by atoms with Gasteiger partial charge in [0.25, 0.3) is 5.91 Å². The number of rotatable bonds is 7. The van der Waals surface area contributed by atoms with Crippen molar-refractivity contribution in [2.45, 2.75) is 12.5 Å². The minimum absolute atomic E-state index is 0.0400. The summed E-state index contributed by atoms with van der Waals surface area (Å²) in [6.45, 7) is 0. The van der Waals surface area contributed by atoms with Gasteiger partial charge in [-0.1, -0.05) is 6.07 Å². The highest BCUT2D eigenvalue weighted by atomic mass is 16.5. The van der Waals surface area contributed by atoms with Crippen molar-refractivity contribution in [1.29, 1.82) is 0 Å². The fraction of sp³-hybridized carbons (Fsp3) is 0.250. The molecule has 0 saturated carbocycles. The van der Waals surface area contributed by atoms with E-state index in [0.717, 1.165) is 0 Å². The number of carboxylic acids is 1. The van der Waals surface area contributed by atoms with E-state index >= 15 is 0 Å². The molecule has 0 heterocycles. The molecule has 4 N–H and O–H groups in total. The Morgan fingerprint density at radius 3 is 2.68 bits per heavy atom. The molecule has 1 atom stereocenters. The first-order valence-corrected chi connectivity index (χ1v) is 5.38. The van der Waals surface area contributed by atoms with Crippen LogP contribution in [0, 0.1) is 0 Å². The first-order chi connectivity index (χ1) is 8.99. The molecule has 7 nitrogen and oxygen atoms in total. The van der Waals surface area contributed by atoms with Gasteiger partial charge >= 0.3 is 5.97 Å². The molecule has 1 aromatic rings. The van der Waals surface area contributed by atoms with E-state index in [4.69, 9.17) is 15.6 Å². The van der Waals surface area contributed by atoms with E-state index in [0.29, 0.717) is 17.7 Å². The minimum Gasteiger partial charge on any atom is -0.496 e. The molecule has 1 unspecified atom stereocenters. The Morgan fingerprint density at radius 2 is 2.21 bits per heavy atom. The Kier molecular flexibility index (Phi) is 4.87. The van der Waals surface area contributed by atoms with Crippen LogP contribution in [0.1, 0.15) is 15.9 Å². The number of carbonyl (C=O) groups is 3. The molecule has 0 aliphatic rings. The van der Waals surface area contributed by atoms with E-state index < -0.39 is 17.9 Å². The average Bonchev–Trinajstić information content (AvgIpc) is 2.37. The molecule has 0 aliphatic carbocycles. The third-order valence-electron chi connectivity index (χ3n) is 2.54. The van der Waals surface area contributed by atoms with Gasteiger partial charge in [-0.2, -0.15) is 0 Å². The second-order valence-electron chi connectivity index (χ2n) is 3.78. The van der Waals surface area contributed by atoms with Crippen LogP contribution in [0.2, 0.25) is 0 Å². The minimum atomic E-state index is -1.16. The summed E-state index contributed by atoms with van der Waals surface area (Å²) >= 11 is 0. The van der Waals surface area contributed by atoms with Gasteiger partial charge in [0.05, 0.1) is 12.7 Å². The van der Waals surface area contributed by atoms with E-state index in [2.05, 4.69) is 5.32 Å². The quantitative estimate of drug-likeness (QED) is 0.577. The van der Waals surface area contributed by atoms with Gasteiger partial charge in [0, 0.05) is 6.42 Å². The number of nitrogens with one attached hydrogen (secondary N) is 1. The summed E-state index contributed by atoms with van der Waals surface area (Å²) in [5.41, 5.74) is 5.92. The smallest absolute Gasteiger partial charge is 0.326 e. The number of hydrogen-bond donors (Lipinski definition) is 3. The molecular formula is C12H14N2O5. The van der Waals surface area contributed by atoms with Crippen LogP contribution in [-0.2, 0) is 16.0 Å². The summed E-state index contributed by atoms with van der Waals surface area (Å²) in [6, 6.07) is 3.51. The number of carbonyl (C=O) groups excluding carboxylic acids is 2. The molecule has 0 fully saturated rings. The summed E-state index contributed by atoms with van der Waals surface area (Å²) in [7, 11) is 1.40. The third kappa shape index (κ3) is 3.70. The molecule has 0 bridgehead atoms. The lowest BCUT2D eigenvalue weighted by Gasteiger charge is -2.13. The van der Waals surface area contributed by atoms with Gasteiger partial charge in [-0.15, -0.1) is 0 Å². The number of carboxylic acid groups (broad SMARTS) is 1. The van der Waals surface area contributed by atoms with Crippen LogP contribution >= 0.6 is 0 Å². The molecule has 1 rings (SSSR count). The van der Waals surface area contributed by atoms with E-state index in [9.17, 15) is 14.4 Å². The summed E-state index contributed by atoms with van der Waals surface area (Å²) in [5.74, 6) is -1.52. The Labute approximate surface area is 109 Å². The number of benzene rings is 1. The Morgan fingerprint density at radius 1 is 1.53 bits per heavy atom. The maximum absolute atomic E-state index is 11.2. The largest absolute Gasteiger partial charge is 0.496 e. The van der Waals surface area contributed by atoms with Crippen LogP contribution in [0.25, 0.3) is 0 Å². The standard InChI is InChI=1S/C12H14N2O5/c1-19-10-3-2-7(4-8(10)11(13)16)5-9(12(17)18)14-6-15/h2-4,6,9H,5H2,1H3,(H2,13,16)(H,14,15)(H,17,18). The van der Waals surface area contributed by atoms with Gasteiger partial charge in [-0.3, -0.25) is 9.59 Å². The van der Waals surface area contributed by atoms with Crippen molar-refractivity contribution < 1.29 is 24.2 Å². The maximum atomic E-state index is 11.2. The third-order valence-corrected chi connectivity index (χ3v) is 2.54. The Bertz CT molecular complexity index is 501. The van der Waals surface area contributed by atoms with Crippen molar-refractivity contribution in [1.82, 2.24) is 5.32 Å². The van der Waals surface area contributed by atoms with Crippen LogP contribution < -0.4 is 15.8 Å². The zero-order valence-electron chi connectivity index (χ0n) is 10.3. The molecule has 0 radical (unpaired) electrons. The first kappa shape index (κ1) is 14.5. The van der Waals surface area contributed by atoms with E-state index in [1.54, 1.807) is 6.07 Å². The molecule has 0 saturated heterocycles. The highest BCUT2D eigenvalue weighted by Gasteiger charge is 2.18. The topological polar surface area (TPSA) is 119 Å². The monoisotopic (exact) mass is 266 g/mol. The van der Waals surface area contributed by atoms with Crippen molar-refractivity contribution >= 4 is 18.3 Å². The van der Waals surface area contributed by atoms with Crippen molar-refractivity contribution in [3.8, 4) is 5.75 Å². The van der Waals surface area contributed by atoms with E-state index in [-0.39, 0.29) is 12.0 Å². The van der Waals surface area contributed by atoms with Crippen molar-refractivity contribution in [2.24, 2.45) is 5.73 Å². The number of methoxy groups -OCH3 is 1. The Balaban J connectivity index is 3.01. The molecule has 7 heteroatoms. The highest BCUT2D eigenvalue weighted by molar-refractivity contribution is 5.95. The van der Waals surface area contributed by atoms with Gasteiger partial charge in [0.1, 0.15) is 11.8 Å². The number of nitrogens with two attached hydrogens (primary N) is 1. The summed E-state index contributed by atoms with van der Waals surface area (Å²) < 4.78 is 4.97. The van der Waals surface area contributed by atoms with Crippen LogP contribution in [0.3, 0.4) is 0 Å². The summed E-state index contributed by atoms with van der Waals surface area (Å²) in [6.07, 6.45) is 0.357. The summed E-state index contributed by atoms with van der Waals surface area (Å²) in [5, 5.41) is 11.1. The molecule has 0 aromatic heterocycles. The van der Waals surface area contributed by atoms with E-state index in [1.807, 2.05) is 0 Å². The van der Waals surface area contributed by atoms with Crippen LogP contribution in [-0.4, -0.2) is 36.5 Å². The number of ether oxygens (including phenoxy) is 1. The highest BCUT2D eigenvalue weighted by Crippen LogP contribution is 2.20. The second kappa shape index (κ2) is 6.39. The molecular weight excluding hydrogens is 252 g/mol. The first-order valence-electron chi connectivity index (χ1n) is 5.38. The SMILES string of the molecule is COc1ccc(CC(NC=O)C(=O)O)cc1C(N)=O. The average molecular weight is 266 g/mol. The van der Waals surface area contributed by atoms with E-state index in [1.165, 1.54) is 19.2 Å². The molecule has 2 amide bonds. The predicted octanol–water partition coefficient (Wildman–Crippen LogP) is -0.464. The van der Waals surface area contributed by atoms with Crippen LogP contribution in [0.4, 0.5) is 0 Å². The zero-order chi connectivity index (χ0) is 14.4. The van der Waals surface area contributed by atoms with Gasteiger partial charge in [-0.05, 0) is 17.7 Å². The molecule has 19 heavy (non-hydrogen) atoms. The lowest BCUT2D eigenvalue weighted by atomic mass is 10.0. The Hall–Kier alpha value is -2.57. The van der Waals surface area contributed by atoms with Crippen LogP contribution in [0.15, 0.2) is 18.2 Å².